The van der Waals surface area contributed by atoms with E-state index in [-0.39, 0.29) is 11.8 Å². The van der Waals surface area contributed by atoms with Gasteiger partial charge in [-0.3, -0.25) is 14.6 Å². The molecule has 1 aliphatic carbocycles. The highest BCUT2D eigenvalue weighted by Crippen LogP contribution is 2.37. The predicted octanol–water partition coefficient (Wildman–Crippen LogP) is 5.22. The van der Waals surface area contributed by atoms with Crippen LogP contribution in [0.25, 0.3) is 0 Å². The summed E-state index contributed by atoms with van der Waals surface area (Å²) in [4.78, 5) is 33.8. The molecule has 1 heterocycles. The molecule has 1 unspecified atom stereocenters. The summed E-state index contributed by atoms with van der Waals surface area (Å²) >= 11 is 0. The van der Waals surface area contributed by atoms with Gasteiger partial charge in [-0.05, 0) is 44.1 Å². The number of unbranched alkanes of at least 4 members (excludes halogenated alkanes) is 3. The van der Waals surface area contributed by atoms with Crippen molar-refractivity contribution in [1.82, 2.24) is 5.32 Å². The number of aliphatic hydroxyl groups excluding tert-OH is 1. The first kappa shape index (κ1) is 26.4. The van der Waals surface area contributed by atoms with E-state index < -0.39 is 18.2 Å². The van der Waals surface area contributed by atoms with Crippen molar-refractivity contribution in [1.29, 1.82) is 0 Å². The molecular formula is C28H43N3O3. The molecule has 1 fully saturated rings. The fourth-order valence-corrected chi connectivity index (χ4v) is 4.69. The van der Waals surface area contributed by atoms with Crippen molar-refractivity contribution in [3.63, 3.8) is 0 Å². The standard InChI is InChI=1S/C28H43N3O3/c1-4-7-13-23-21-12-10-11-14-24(21)31(18-9-6-3)28(34)26(29-23)30-27(33)22(19-20-16-17-20)25(32)15-8-5-2/h10-12,14,20,22,25-26,32H,4-9,13,15-19H2,1-3H3,(H,30,33)/t22-,25+,26?/m1/s1. The number of benzodiazepines with no additional fused rings is 1. The minimum Gasteiger partial charge on any atom is -0.392 e. The number of carbonyl (C=O) groups is 2. The van der Waals surface area contributed by atoms with E-state index in [1.807, 2.05) is 24.3 Å². The highest BCUT2D eigenvalue weighted by molar-refractivity contribution is 6.13. The second kappa shape index (κ2) is 13.0. The molecule has 6 nitrogen and oxygen atoms in total. The van der Waals surface area contributed by atoms with E-state index in [0.29, 0.717) is 25.3 Å². The molecule has 0 spiro atoms. The normalized spacial score (nSPS) is 19.8. The van der Waals surface area contributed by atoms with Crippen LogP contribution in [-0.2, 0) is 9.59 Å². The van der Waals surface area contributed by atoms with Gasteiger partial charge in [0.2, 0.25) is 12.1 Å². The molecular weight excluding hydrogens is 426 g/mol. The van der Waals surface area contributed by atoms with Gasteiger partial charge in [0.25, 0.3) is 5.91 Å². The van der Waals surface area contributed by atoms with Crippen molar-refractivity contribution in [2.45, 2.75) is 104 Å². The molecule has 2 N–H and O–H groups in total. The number of aliphatic imine (C=N–C) groups is 1. The van der Waals surface area contributed by atoms with Gasteiger partial charge in [-0.15, -0.1) is 0 Å². The molecule has 0 aromatic heterocycles. The number of rotatable bonds is 14. The zero-order valence-electron chi connectivity index (χ0n) is 21.3. The average molecular weight is 470 g/mol. The third kappa shape index (κ3) is 6.91. The second-order valence-electron chi connectivity index (χ2n) is 9.95. The molecule has 1 aromatic rings. The third-order valence-electron chi connectivity index (χ3n) is 7.01. The van der Waals surface area contributed by atoms with E-state index in [4.69, 9.17) is 4.99 Å². The Kier molecular flexibility index (Phi) is 10.1. The van der Waals surface area contributed by atoms with Crippen molar-refractivity contribution in [2.24, 2.45) is 16.8 Å². The number of carbonyl (C=O) groups excluding carboxylic acids is 2. The van der Waals surface area contributed by atoms with Gasteiger partial charge in [-0.25, -0.2) is 0 Å². The van der Waals surface area contributed by atoms with Crippen molar-refractivity contribution in [3.05, 3.63) is 29.8 Å². The molecule has 3 atom stereocenters. The Labute approximate surface area is 205 Å². The first-order chi connectivity index (χ1) is 16.5. The number of hydrogen-bond acceptors (Lipinski definition) is 4. The van der Waals surface area contributed by atoms with Crippen LogP contribution >= 0.6 is 0 Å². The van der Waals surface area contributed by atoms with Gasteiger partial charge in [-0.2, -0.15) is 0 Å². The van der Waals surface area contributed by atoms with E-state index >= 15 is 0 Å². The summed E-state index contributed by atoms with van der Waals surface area (Å²) in [6.07, 6.45) is 8.37. The number of fused-ring (bicyclic) bond motifs is 1. The maximum atomic E-state index is 13.7. The molecule has 1 aliphatic heterocycles. The second-order valence-corrected chi connectivity index (χ2v) is 9.95. The highest BCUT2D eigenvalue weighted by Gasteiger charge is 2.37. The topological polar surface area (TPSA) is 82.0 Å². The lowest BCUT2D eigenvalue weighted by Gasteiger charge is -2.27. The molecule has 0 bridgehead atoms. The maximum Gasteiger partial charge on any atom is 0.272 e. The molecule has 1 saturated carbocycles. The van der Waals surface area contributed by atoms with Crippen molar-refractivity contribution < 1.29 is 14.7 Å². The van der Waals surface area contributed by atoms with Crippen LogP contribution < -0.4 is 10.2 Å². The summed E-state index contributed by atoms with van der Waals surface area (Å²) in [5.41, 5.74) is 2.74. The number of aliphatic hydroxyl groups is 1. The van der Waals surface area contributed by atoms with Crippen LogP contribution in [0.4, 0.5) is 5.69 Å². The van der Waals surface area contributed by atoms with Crippen molar-refractivity contribution in [3.8, 4) is 0 Å². The van der Waals surface area contributed by atoms with Crippen LogP contribution in [0.3, 0.4) is 0 Å². The SMILES string of the molecule is CCCCC1=NC(NC(=O)[C@H](CC2CC2)[C@@H](O)CCCC)C(=O)N(CCCC)c2ccccc21. The number of benzene rings is 1. The molecule has 2 amide bonds. The molecule has 2 aliphatic rings. The van der Waals surface area contributed by atoms with Gasteiger partial charge in [0.1, 0.15) is 0 Å². The number of hydrogen-bond donors (Lipinski definition) is 2. The zero-order valence-corrected chi connectivity index (χ0v) is 21.3. The lowest BCUT2D eigenvalue weighted by Crippen LogP contribution is -2.50. The van der Waals surface area contributed by atoms with Gasteiger partial charge in [0.15, 0.2) is 0 Å². The number of amides is 2. The molecule has 3 rings (SSSR count). The lowest BCUT2D eigenvalue weighted by atomic mass is 9.91. The summed E-state index contributed by atoms with van der Waals surface area (Å²) in [7, 11) is 0. The maximum absolute atomic E-state index is 13.7. The van der Waals surface area contributed by atoms with Gasteiger partial charge >= 0.3 is 0 Å². The summed E-state index contributed by atoms with van der Waals surface area (Å²) in [5.74, 6) is -0.413. The lowest BCUT2D eigenvalue weighted by molar-refractivity contribution is -0.133. The third-order valence-corrected chi connectivity index (χ3v) is 7.01. The van der Waals surface area contributed by atoms with Crippen molar-refractivity contribution in [2.75, 3.05) is 11.4 Å². The Bertz CT molecular complexity index is 849. The fraction of sp³-hybridized carbons (Fsp3) is 0.679. The van der Waals surface area contributed by atoms with E-state index in [9.17, 15) is 14.7 Å². The first-order valence-electron chi connectivity index (χ1n) is 13.5. The number of anilines is 1. The Balaban J connectivity index is 1.89. The molecule has 188 valence electrons. The Hall–Kier alpha value is -2.21. The molecule has 0 radical (unpaired) electrons. The minimum atomic E-state index is -0.955. The van der Waals surface area contributed by atoms with Crippen LogP contribution in [0.15, 0.2) is 29.3 Å². The van der Waals surface area contributed by atoms with Crippen LogP contribution in [0, 0.1) is 11.8 Å². The quantitative estimate of drug-likeness (QED) is 0.392. The van der Waals surface area contributed by atoms with Crippen LogP contribution in [0.5, 0.6) is 0 Å². The minimum absolute atomic E-state index is 0.186. The van der Waals surface area contributed by atoms with E-state index in [2.05, 4.69) is 26.1 Å². The summed E-state index contributed by atoms with van der Waals surface area (Å²) in [5, 5.41) is 13.8. The van der Waals surface area contributed by atoms with E-state index in [0.717, 1.165) is 74.7 Å². The number of nitrogens with zero attached hydrogens (tertiary/aromatic N) is 2. The molecule has 6 heteroatoms. The Morgan fingerprint density at radius 2 is 1.82 bits per heavy atom. The van der Waals surface area contributed by atoms with E-state index in [1.165, 1.54) is 0 Å². The monoisotopic (exact) mass is 469 g/mol. The van der Waals surface area contributed by atoms with Crippen molar-refractivity contribution >= 4 is 23.2 Å². The summed E-state index contributed by atoms with van der Waals surface area (Å²) in [6, 6.07) is 7.96. The molecule has 1 aromatic carbocycles. The zero-order chi connectivity index (χ0) is 24.5. The van der Waals surface area contributed by atoms with Gasteiger partial charge in [-0.1, -0.05) is 77.5 Å². The summed E-state index contributed by atoms with van der Waals surface area (Å²) < 4.78 is 0. The average Bonchev–Trinajstić information content (AvgIpc) is 3.68. The Morgan fingerprint density at radius 1 is 1.12 bits per heavy atom. The van der Waals surface area contributed by atoms with Gasteiger partial charge in [0.05, 0.1) is 17.7 Å². The first-order valence-corrected chi connectivity index (χ1v) is 13.5. The van der Waals surface area contributed by atoms with Crippen LogP contribution in [-0.4, -0.2) is 41.4 Å². The van der Waals surface area contributed by atoms with Gasteiger partial charge in [0, 0.05) is 17.8 Å². The van der Waals surface area contributed by atoms with Crippen LogP contribution in [0.1, 0.15) is 97.0 Å². The van der Waals surface area contributed by atoms with Crippen LogP contribution in [0.2, 0.25) is 0 Å². The predicted molar refractivity (Wildman–Crippen MR) is 138 cm³/mol. The smallest absolute Gasteiger partial charge is 0.272 e. The van der Waals surface area contributed by atoms with E-state index in [1.54, 1.807) is 4.90 Å². The molecule has 34 heavy (non-hydrogen) atoms. The largest absolute Gasteiger partial charge is 0.392 e. The fourth-order valence-electron chi connectivity index (χ4n) is 4.69. The summed E-state index contributed by atoms with van der Waals surface area (Å²) in [6.45, 7) is 6.93. The number of nitrogens with one attached hydrogen (secondary N) is 1. The van der Waals surface area contributed by atoms with Gasteiger partial charge < -0.3 is 15.3 Å². The number of para-hydroxylation sites is 1. The highest BCUT2D eigenvalue weighted by atomic mass is 16.3. The Morgan fingerprint density at radius 3 is 2.50 bits per heavy atom. The molecule has 0 saturated heterocycles.